The van der Waals surface area contributed by atoms with Crippen LogP contribution >= 0.6 is 15.9 Å². The molecule has 2 heterocycles. The van der Waals surface area contributed by atoms with Gasteiger partial charge < -0.3 is 15.1 Å². The van der Waals surface area contributed by atoms with Gasteiger partial charge in [0.05, 0.1) is 0 Å². The lowest BCUT2D eigenvalue weighted by Gasteiger charge is -2.36. The first-order valence-corrected chi connectivity index (χ1v) is 9.04. The molecule has 0 bridgehead atoms. The number of hydrogen-bond donors (Lipinski definition) is 1. The van der Waals surface area contributed by atoms with Crippen LogP contribution in [0.1, 0.15) is 5.56 Å². The third-order valence-electron chi connectivity index (χ3n) is 4.27. The van der Waals surface area contributed by atoms with E-state index in [1.54, 1.807) is 29.4 Å². The summed E-state index contributed by atoms with van der Waals surface area (Å²) in [5, 5.41) is 2.88. The van der Waals surface area contributed by atoms with Crippen molar-refractivity contribution in [3.63, 3.8) is 0 Å². The Morgan fingerprint density at radius 3 is 2.60 bits per heavy atom. The number of hydrogen-bond acceptors (Lipinski definition) is 3. The third kappa shape index (κ3) is 4.69. The first-order chi connectivity index (χ1) is 12.1. The topological polar surface area (TPSA) is 48.5 Å². The molecule has 3 rings (SSSR count). The van der Waals surface area contributed by atoms with Gasteiger partial charge in [-0.2, -0.15) is 0 Å². The Kier molecular flexibility index (Phi) is 5.86. The zero-order chi connectivity index (χ0) is 17.6. The van der Waals surface area contributed by atoms with Crippen molar-refractivity contribution >= 4 is 27.6 Å². The third-order valence-corrected chi connectivity index (χ3v) is 4.77. The molecular formula is C18H20BrFN4O. The fraction of sp³-hybridized carbons (Fsp3) is 0.333. The molecule has 132 valence electrons. The molecule has 1 aromatic carbocycles. The van der Waals surface area contributed by atoms with E-state index in [9.17, 15) is 9.18 Å². The van der Waals surface area contributed by atoms with Crippen molar-refractivity contribution in [1.29, 1.82) is 0 Å². The number of nitrogens with one attached hydrogen (secondary N) is 1. The molecule has 1 aliphatic heterocycles. The molecule has 1 fully saturated rings. The van der Waals surface area contributed by atoms with Crippen LogP contribution in [0.4, 0.5) is 14.9 Å². The lowest BCUT2D eigenvalue weighted by molar-refractivity contribution is 0.194. The first-order valence-electron chi connectivity index (χ1n) is 8.25. The molecule has 1 saturated heterocycles. The first kappa shape index (κ1) is 17.7. The summed E-state index contributed by atoms with van der Waals surface area (Å²) in [4.78, 5) is 20.3. The van der Waals surface area contributed by atoms with E-state index in [1.165, 1.54) is 6.07 Å². The zero-order valence-electron chi connectivity index (χ0n) is 13.8. The summed E-state index contributed by atoms with van der Waals surface area (Å²) in [6, 6.07) is 8.70. The molecule has 0 saturated carbocycles. The van der Waals surface area contributed by atoms with Crippen LogP contribution in [0, 0.1) is 5.82 Å². The van der Waals surface area contributed by atoms with Gasteiger partial charge in [-0.05, 0) is 42.3 Å². The fourth-order valence-electron chi connectivity index (χ4n) is 2.87. The molecule has 5 nitrogen and oxygen atoms in total. The van der Waals surface area contributed by atoms with Crippen molar-refractivity contribution in [2.45, 2.75) is 6.42 Å². The van der Waals surface area contributed by atoms with Crippen molar-refractivity contribution in [3.05, 3.63) is 58.6 Å². The van der Waals surface area contributed by atoms with E-state index in [-0.39, 0.29) is 11.8 Å². The van der Waals surface area contributed by atoms with E-state index in [0.717, 1.165) is 23.2 Å². The number of rotatable bonds is 4. The number of benzene rings is 1. The maximum atomic E-state index is 13.7. The van der Waals surface area contributed by atoms with Gasteiger partial charge in [0.25, 0.3) is 0 Å². The molecule has 2 aromatic rings. The normalized spacial score (nSPS) is 14.5. The van der Waals surface area contributed by atoms with E-state index in [2.05, 4.69) is 31.1 Å². The number of pyridine rings is 1. The van der Waals surface area contributed by atoms with Crippen LogP contribution in [-0.4, -0.2) is 48.6 Å². The molecule has 2 amide bonds. The highest BCUT2D eigenvalue weighted by Crippen LogP contribution is 2.16. The number of amides is 2. The quantitative estimate of drug-likeness (QED) is 0.848. The molecule has 0 radical (unpaired) electrons. The van der Waals surface area contributed by atoms with Crippen LogP contribution in [0.5, 0.6) is 0 Å². The smallest absolute Gasteiger partial charge is 0.317 e. The standard InChI is InChI=1S/C18H20BrFN4O/c19-15-1-2-17(20)14(13-15)3-8-22-18(25)24-11-9-23(10-12-24)16-4-6-21-7-5-16/h1-2,4-7,13H,3,8-12H2,(H,22,25). The molecule has 1 aromatic heterocycles. The average Bonchev–Trinajstić information content (AvgIpc) is 2.65. The predicted molar refractivity (Wildman–Crippen MR) is 99.2 cm³/mol. The van der Waals surface area contributed by atoms with Crippen LogP contribution < -0.4 is 10.2 Å². The van der Waals surface area contributed by atoms with Gasteiger partial charge in [0, 0.05) is 55.3 Å². The lowest BCUT2D eigenvalue weighted by atomic mass is 10.1. The van der Waals surface area contributed by atoms with Crippen LogP contribution in [-0.2, 0) is 6.42 Å². The van der Waals surface area contributed by atoms with Crippen molar-refractivity contribution in [3.8, 4) is 0 Å². The average molecular weight is 407 g/mol. The molecule has 1 aliphatic rings. The second-order valence-corrected chi connectivity index (χ2v) is 6.81. The van der Waals surface area contributed by atoms with Crippen LogP contribution in [0.3, 0.4) is 0 Å². The van der Waals surface area contributed by atoms with Crippen molar-refractivity contribution in [2.24, 2.45) is 0 Å². The molecule has 0 spiro atoms. The zero-order valence-corrected chi connectivity index (χ0v) is 15.4. The van der Waals surface area contributed by atoms with E-state index in [4.69, 9.17) is 0 Å². The second kappa shape index (κ2) is 8.29. The van der Waals surface area contributed by atoms with Gasteiger partial charge in [-0.3, -0.25) is 4.98 Å². The van der Waals surface area contributed by atoms with Crippen LogP contribution in [0.2, 0.25) is 0 Å². The number of piperazine rings is 1. The molecule has 0 aliphatic carbocycles. The Hall–Kier alpha value is -2.15. The van der Waals surface area contributed by atoms with Gasteiger partial charge in [0.15, 0.2) is 0 Å². The Bertz CT molecular complexity index is 720. The Morgan fingerprint density at radius 1 is 1.16 bits per heavy atom. The summed E-state index contributed by atoms with van der Waals surface area (Å²) < 4.78 is 14.5. The van der Waals surface area contributed by atoms with Crippen molar-refractivity contribution in [1.82, 2.24) is 15.2 Å². The minimum Gasteiger partial charge on any atom is -0.368 e. The molecular weight excluding hydrogens is 387 g/mol. The van der Waals surface area contributed by atoms with Gasteiger partial charge in [-0.25, -0.2) is 9.18 Å². The summed E-state index contributed by atoms with van der Waals surface area (Å²) >= 11 is 3.33. The Labute approximate surface area is 155 Å². The minimum atomic E-state index is -0.247. The van der Waals surface area contributed by atoms with Gasteiger partial charge in [0.1, 0.15) is 5.82 Å². The maximum Gasteiger partial charge on any atom is 0.317 e. The summed E-state index contributed by atoms with van der Waals surface area (Å²) in [5.74, 6) is -0.247. The van der Waals surface area contributed by atoms with Crippen LogP contribution in [0.15, 0.2) is 47.2 Å². The van der Waals surface area contributed by atoms with Crippen molar-refractivity contribution < 1.29 is 9.18 Å². The molecule has 0 atom stereocenters. The van der Waals surface area contributed by atoms with Gasteiger partial charge >= 0.3 is 6.03 Å². The highest BCUT2D eigenvalue weighted by Gasteiger charge is 2.21. The number of urea groups is 1. The van der Waals surface area contributed by atoms with E-state index in [0.29, 0.717) is 31.6 Å². The van der Waals surface area contributed by atoms with Crippen molar-refractivity contribution in [2.75, 3.05) is 37.6 Å². The molecule has 25 heavy (non-hydrogen) atoms. The summed E-state index contributed by atoms with van der Waals surface area (Å²) in [5.41, 5.74) is 1.72. The summed E-state index contributed by atoms with van der Waals surface area (Å²) in [6.07, 6.45) is 4.01. The van der Waals surface area contributed by atoms with E-state index < -0.39 is 0 Å². The number of nitrogens with zero attached hydrogens (tertiary/aromatic N) is 3. The second-order valence-electron chi connectivity index (χ2n) is 5.90. The SMILES string of the molecule is O=C(NCCc1cc(Br)ccc1F)N1CCN(c2ccncc2)CC1. The molecule has 1 N–H and O–H groups in total. The maximum absolute atomic E-state index is 13.7. The van der Waals surface area contributed by atoms with Gasteiger partial charge in [-0.15, -0.1) is 0 Å². The number of aromatic nitrogens is 1. The van der Waals surface area contributed by atoms with Gasteiger partial charge in [0.2, 0.25) is 0 Å². The monoisotopic (exact) mass is 406 g/mol. The molecule has 0 unspecified atom stereocenters. The van der Waals surface area contributed by atoms with E-state index in [1.807, 2.05) is 12.1 Å². The largest absolute Gasteiger partial charge is 0.368 e. The summed E-state index contributed by atoms with van der Waals surface area (Å²) in [7, 11) is 0. The Morgan fingerprint density at radius 2 is 1.88 bits per heavy atom. The van der Waals surface area contributed by atoms with Gasteiger partial charge in [-0.1, -0.05) is 15.9 Å². The molecule has 7 heteroatoms. The van der Waals surface area contributed by atoms with E-state index >= 15 is 0 Å². The Balaban J connectivity index is 1.44. The summed E-state index contributed by atoms with van der Waals surface area (Å²) in [6.45, 7) is 3.32. The van der Waals surface area contributed by atoms with Crippen LogP contribution in [0.25, 0.3) is 0 Å². The minimum absolute atomic E-state index is 0.0928. The number of anilines is 1. The number of carbonyl (C=O) groups is 1. The fourth-order valence-corrected chi connectivity index (χ4v) is 3.28. The highest BCUT2D eigenvalue weighted by molar-refractivity contribution is 9.10. The highest BCUT2D eigenvalue weighted by atomic mass is 79.9. The predicted octanol–water partition coefficient (Wildman–Crippen LogP) is 3.06. The number of halogens is 2. The number of carbonyl (C=O) groups excluding carboxylic acids is 1. The lowest BCUT2D eigenvalue weighted by Crippen LogP contribution is -2.52.